The summed E-state index contributed by atoms with van der Waals surface area (Å²) in [6, 6.07) is 7.05. The first kappa shape index (κ1) is 12.3. The van der Waals surface area contributed by atoms with Crippen LogP contribution in [-0.2, 0) is 11.2 Å². The van der Waals surface area contributed by atoms with E-state index in [1.807, 2.05) is 13.0 Å². The van der Waals surface area contributed by atoms with Crippen molar-refractivity contribution in [2.75, 3.05) is 10.6 Å². The van der Waals surface area contributed by atoms with Gasteiger partial charge in [-0.25, -0.2) is 0 Å². The van der Waals surface area contributed by atoms with Crippen molar-refractivity contribution in [2.24, 2.45) is 0 Å². The van der Waals surface area contributed by atoms with Gasteiger partial charge in [0.1, 0.15) is 0 Å². The molecular weight excluding hydrogens is 254 g/mol. The Bertz CT molecular complexity index is 710. The number of aromatic nitrogens is 1. The fourth-order valence-electron chi connectivity index (χ4n) is 2.14. The first-order chi connectivity index (χ1) is 9.63. The normalized spacial score (nSPS) is 12.8. The highest BCUT2D eigenvalue weighted by Crippen LogP contribution is 2.24. The monoisotopic (exact) mass is 267 g/mol. The van der Waals surface area contributed by atoms with Crippen LogP contribution in [0.2, 0.25) is 0 Å². The molecule has 100 valence electrons. The summed E-state index contributed by atoms with van der Waals surface area (Å²) in [4.78, 5) is 27.5. The summed E-state index contributed by atoms with van der Waals surface area (Å²) in [5.74, 6) is -0.259. The Morgan fingerprint density at radius 3 is 3.00 bits per heavy atom. The van der Waals surface area contributed by atoms with E-state index < -0.39 is 0 Å². The summed E-state index contributed by atoms with van der Waals surface area (Å²) in [6.45, 7) is 1.90. The first-order valence-electron chi connectivity index (χ1n) is 6.28. The predicted molar refractivity (Wildman–Crippen MR) is 75.7 cm³/mol. The minimum Gasteiger partial charge on any atom is -0.326 e. The molecule has 0 fully saturated rings. The lowest BCUT2D eigenvalue weighted by Crippen LogP contribution is -2.13. The van der Waals surface area contributed by atoms with Crippen LogP contribution >= 0.6 is 0 Å². The van der Waals surface area contributed by atoms with E-state index in [1.165, 1.54) is 0 Å². The van der Waals surface area contributed by atoms with Crippen molar-refractivity contribution in [2.45, 2.75) is 13.3 Å². The number of anilines is 2. The Balaban J connectivity index is 1.84. The summed E-state index contributed by atoms with van der Waals surface area (Å²) < 4.78 is 0. The van der Waals surface area contributed by atoms with Crippen LogP contribution in [0.5, 0.6) is 0 Å². The number of carbonyl (C=O) groups excluding carboxylic acids is 2. The molecule has 2 amide bonds. The van der Waals surface area contributed by atoms with Crippen molar-refractivity contribution >= 4 is 23.2 Å². The van der Waals surface area contributed by atoms with Gasteiger partial charge < -0.3 is 10.6 Å². The van der Waals surface area contributed by atoms with E-state index >= 15 is 0 Å². The molecule has 0 atom stereocenters. The van der Waals surface area contributed by atoms with Crippen LogP contribution < -0.4 is 10.6 Å². The number of hydrogen-bond donors (Lipinski definition) is 2. The first-order valence-corrected chi connectivity index (χ1v) is 6.28. The lowest BCUT2D eigenvalue weighted by molar-refractivity contribution is -0.115. The van der Waals surface area contributed by atoms with Gasteiger partial charge in [-0.3, -0.25) is 14.6 Å². The minimum atomic E-state index is -0.218. The molecule has 5 heteroatoms. The summed E-state index contributed by atoms with van der Waals surface area (Å²) in [5, 5.41) is 5.55. The van der Waals surface area contributed by atoms with Gasteiger partial charge in [0.05, 0.1) is 18.3 Å². The molecule has 20 heavy (non-hydrogen) atoms. The largest absolute Gasteiger partial charge is 0.326 e. The lowest BCUT2D eigenvalue weighted by atomic mass is 10.1. The molecule has 2 N–H and O–H groups in total. The highest BCUT2D eigenvalue weighted by Gasteiger charge is 2.19. The van der Waals surface area contributed by atoms with E-state index in [9.17, 15) is 9.59 Å². The van der Waals surface area contributed by atoms with Crippen molar-refractivity contribution < 1.29 is 9.59 Å². The number of hydrogen-bond acceptors (Lipinski definition) is 3. The van der Waals surface area contributed by atoms with Gasteiger partial charge in [-0.1, -0.05) is 6.07 Å². The van der Waals surface area contributed by atoms with E-state index in [-0.39, 0.29) is 11.8 Å². The second-order valence-electron chi connectivity index (χ2n) is 4.74. The molecule has 2 aromatic rings. The van der Waals surface area contributed by atoms with E-state index in [0.717, 1.165) is 11.1 Å². The van der Waals surface area contributed by atoms with E-state index in [1.54, 1.807) is 30.6 Å². The molecular formula is C15H13N3O2. The quantitative estimate of drug-likeness (QED) is 0.875. The number of benzene rings is 1. The van der Waals surface area contributed by atoms with Gasteiger partial charge in [-0.2, -0.15) is 0 Å². The zero-order chi connectivity index (χ0) is 14.1. The molecule has 3 rings (SSSR count). The molecule has 0 spiro atoms. The highest BCUT2D eigenvalue weighted by atomic mass is 16.2. The highest BCUT2D eigenvalue weighted by molar-refractivity contribution is 6.07. The number of amides is 2. The average molecular weight is 267 g/mol. The molecule has 0 bridgehead atoms. The van der Waals surface area contributed by atoms with Crippen LogP contribution in [-0.4, -0.2) is 16.8 Å². The van der Waals surface area contributed by atoms with Crippen LogP contribution in [0.3, 0.4) is 0 Å². The molecule has 1 aliphatic heterocycles. The molecule has 2 heterocycles. The van der Waals surface area contributed by atoms with Gasteiger partial charge >= 0.3 is 0 Å². The smallest absolute Gasteiger partial charge is 0.255 e. The van der Waals surface area contributed by atoms with Gasteiger partial charge in [-0.05, 0) is 36.2 Å². The third kappa shape index (κ3) is 2.25. The number of nitrogens with zero attached hydrogens (tertiary/aromatic N) is 1. The van der Waals surface area contributed by atoms with Crippen molar-refractivity contribution in [3.05, 3.63) is 53.3 Å². The van der Waals surface area contributed by atoms with E-state index in [0.29, 0.717) is 23.4 Å². The fraction of sp³-hybridized carbons (Fsp3) is 0.133. The Morgan fingerprint density at radius 2 is 2.20 bits per heavy atom. The third-order valence-electron chi connectivity index (χ3n) is 3.28. The van der Waals surface area contributed by atoms with E-state index in [2.05, 4.69) is 15.6 Å². The van der Waals surface area contributed by atoms with E-state index in [4.69, 9.17) is 0 Å². The zero-order valence-electron chi connectivity index (χ0n) is 10.9. The zero-order valence-corrected chi connectivity index (χ0v) is 10.9. The van der Waals surface area contributed by atoms with Crippen molar-refractivity contribution in [1.29, 1.82) is 0 Å². The molecule has 0 unspecified atom stereocenters. The van der Waals surface area contributed by atoms with Gasteiger partial charge in [-0.15, -0.1) is 0 Å². The van der Waals surface area contributed by atoms with Gasteiger partial charge in [0, 0.05) is 17.4 Å². The standard InChI is InChI=1S/C15H13N3O2/c1-9-4-5-16-8-13(9)18-15(20)11-3-2-10-7-14(19)17-12(10)6-11/h2-6,8H,7H2,1H3,(H,17,19)(H,18,20). The number of rotatable bonds is 2. The van der Waals surface area contributed by atoms with Crippen molar-refractivity contribution in [3.8, 4) is 0 Å². The molecule has 5 nitrogen and oxygen atoms in total. The van der Waals surface area contributed by atoms with Crippen LogP contribution in [0.25, 0.3) is 0 Å². The summed E-state index contributed by atoms with van der Waals surface area (Å²) in [6.07, 6.45) is 3.66. The number of aryl methyl sites for hydroxylation is 1. The van der Waals surface area contributed by atoms with Gasteiger partial charge in [0.2, 0.25) is 5.91 Å². The maximum absolute atomic E-state index is 12.2. The molecule has 0 saturated carbocycles. The van der Waals surface area contributed by atoms with Crippen LogP contribution in [0.15, 0.2) is 36.7 Å². The number of carbonyl (C=O) groups is 2. The van der Waals surface area contributed by atoms with Gasteiger partial charge in [0.15, 0.2) is 0 Å². The molecule has 0 aliphatic carbocycles. The topological polar surface area (TPSA) is 71.1 Å². The molecule has 1 aromatic heterocycles. The Morgan fingerprint density at radius 1 is 1.35 bits per heavy atom. The van der Waals surface area contributed by atoms with Crippen molar-refractivity contribution in [3.63, 3.8) is 0 Å². The van der Waals surface area contributed by atoms with Crippen LogP contribution in [0.1, 0.15) is 21.5 Å². The molecule has 0 saturated heterocycles. The molecule has 1 aliphatic rings. The second-order valence-corrected chi connectivity index (χ2v) is 4.74. The lowest BCUT2D eigenvalue weighted by Gasteiger charge is -2.08. The molecule has 1 aromatic carbocycles. The number of nitrogens with one attached hydrogen (secondary N) is 2. The Labute approximate surface area is 116 Å². The average Bonchev–Trinajstić information content (AvgIpc) is 2.80. The van der Waals surface area contributed by atoms with Gasteiger partial charge in [0.25, 0.3) is 5.91 Å². The fourth-order valence-corrected chi connectivity index (χ4v) is 2.14. The maximum atomic E-state index is 12.2. The third-order valence-corrected chi connectivity index (χ3v) is 3.28. The molecule has 0 radical (unpaired) electrons. The predicted octanol–water partition coefficient (Wildman–Crippen LogP) is 2.14. The summed E-state index contributed by atoms with van der Waals surface area (Å²) >= 11 is 0. The van der Waals surface area contributed by atoms with Crippen LogP contribution in [0, 0.1) is 6.92 Å². The summed E-state index contributed by atoms with van der Waals surface area (Å²) in [7, 11) is 0. The summed E-state index contributed by atoms with van der Waals surface area (Å²) in [5.41, 5.74) is 3.77. The van der Waals surface area contributed by atoms with Crippen LogP contribution in [0.4, 0.5) is 11.4 Å². The van der Waals surface area contributed by atoms with Crippen molar-refractivity contribution in [1.82, 2.24) is 4.98 Å². The minimum absolute atomic E-state index is 0.0411. The SMILES string of the molecule is Cc1ccncc1NC(=O)c1ccc2c(c1)NC(=O)C2. The maximum Gasteiger partial charge on any atom is 0.255 e. The Kier molecular flexibility index (Phi) is 2.95. The number of fused-ring (bicyclic) bond motifs is 1. The Hall–Kier alpha value is -2.69. The number of pyridine rings is 1. The second kappa shape index (κ2) is 4.77.